The van der Waals surface area contributed by atoms with Crippen molar-refractivity contribution in [2.24, 2.45) is 3.15 Å². The fraction of sp³-hybridized carbons (Fsp3) is 0.250. The molecule has 0 saturated carbocycles. The first-order valence-corrected chi connectivity index (χ1v) is 7.16. The summed E-state index contributed by atoms with van der Waals surface area (Å²) in [5.41, 5.74) is 0. The molecule has 0 aromatic carbocycles. The fourth-order valence-electron chi connectivity index (χ4n) is 0.357. The molecule has 5 heteroatoms. The van der Waals surface area contributed by atoms with Crippen LogP contribution in [0.2, 0.25) is 0 Å². The Labute approximate surface area is 81.4 Å². The Balaban J connectivity index is 2.85. The van der Waals surface area contributed by atoms with Gasteiger partial charge in [0, 0.05) is 4.93 Å². The molecule has 0 radical (unpaired) electrons. The number of hydrogen-bond acceptors (Lipinski definition) is 3. The minimum atomic E-state index is 0.0117. The van der Waals surface area contributed by atoms with E-state index in [0.29, 0.717) is 0 Å². The lowest BCUT2D eigenvalue weighted by atomic mass is 11.0. The molecule has 0 N–H and O–H groups in total. The topological polar surface area (TPSA) is 25.2 Å². The van der Waals surface area contributed by atoms with Gasteiger partial charge in [-0.25, -0.2) is 4.98 Å². The lowest BCUT2D eigenvalue weighted by Crippen LogP contribution is -1.50. The molecule has 0 fully saturated rings. The van der Waals surface area contributed by atoms with Gasteiger partial charge in [0.25, 0.3) is 0 Å². The Hall–Kier alpha value is 0.890. The third-order valence-corrected chi connectivity index (χ3v) is 3.51. The summed E-state index contributed by atoms with van der Waals surface area (Å²) in [6, 6.07) is 0. The molecule has 1 aromatic rings. The second-order valence-corrected chi connectivity index (χ2v) is 5.55. The number of halogens is 2. The van der Waals surface area contributed by atoms with Crippen molar-refractivity contribution in [1.29, 1.82) is 0 Å². The van der Waals surface area contributed by atoms with E-state index in [0.717, 1.165) is 5.13 Å². The maximum absolute atomic E-state index is 4.24. The molecule has 0 bridgehead atoms. The minimum absolute atomic E-state index is 0.0117. The molecular weight excluding hydrogens is 362 g/mol. The summed E-state index contributed by atoms with van der Waals surface area (Å²) in [5, 5.41) is 0.940. The van der Waals surface area contributed by atoms with Crippen molar-refractivity contribution in [2.75, 3.05) is 4.93 Å². The molecule has 1 heterocycles. The van der Waals surface area contributed by atoms with Gasteiger partial charge in [-0.05, 0) is 43.6 Å². The second-order valence-electron chi connectivity index (χ2n) is 1.20. The first kappa shape index (κ1) is 7.99. The van der Waals surface area contributed by atoms with Gasteiger partial charge in [-0.3, -0.25) is 0 Å². The number of thiazole rings is 1. The molecule has 0 saturated heterocycles. The summed E-state index contributed by atoms with van der Waals surface area (Å²) in [5.74, 6) is 0. The van der Waals surface area contributed by atoms with Crippen molar-refractivity contribution in [3.63, 3.8) is 0 Å². The monoisotopic (exact) mass is 366 g/mol. The molecule has 2 nitrogen and oxygen atoms in total. The number of alkyl halides is 1. The largest absolute Gasteiger partial charge is 0.225 e. The summed E-state index contributed by atoms with van der Waals surface area (Å²) in [7, 11) is 0. The lowest BCUT2D eigenvalue weighted by Gasteiger charge is -1.73. The van der Waals surface area contributed by atoms with E-state index in [1.807, 2.05) is 6.20 Å². The van der Waals surface area contributed by atoms with Gasteiger partial charge in [0.1, 0.15) is 0 Å². The molecule has 0 unspecified atom stereocenters. The van der Waals surface area contributed by atoms with Crippen LogP contribution in [-0.4, -0.2) is 9.91 Å². The van der Waals surface area contributed by atoms with Crippen molar-refractivity contribution >= 4 is 60.1 Å². The van der Waals surface area contributed by atoms with Crippen LogP contribution in [0.3, 0.4) is 0 Å². The molecule has 0 spiro atoms. The second kappa shape index (κ2) is 3.91. The first-order valence-electron chi connectivity index (χ1n) is 2.14. The van der Waals surface area contributed by atoms with Crippen LogP contribution in [0.1, 0.15) is 0 Å². The van der Waals surface area contributed by atoms with Gasteiger partial charge in [0.05, 0.1) is 9.08 Å². The zero-order valence-corrected chi connectivity index (χ0v) is 9.77. The summed E-state index contributed by atoms with van der Waals surface area (Å²) < 4.78 is 5.45. The molecule has 1 rings (SSSR count). The maximum Gasteiger partial charge on any atom is 0.214 e. The number of nitrogens with zero attached hydrogens (tertiary/aromatic N) is 2. The zero-order chi connectivity index (χ0) is 6.69. The van der Waals surface area contributed by atoms with E-state index in [-0.39, 0.29) is 21.0 Å². The molecule has 0 aliphatic rings. The molecule has 0 amide bonds. The number of aromatic nitrogens is 1. The van der Waals surface area contributed by atoms with Crippen LogP contribution >= 0.6 is 55.0 Å². The molecule has 50 valence electrons. The van der Waals surface area contributed by atoms with Crippen molar-refractivity contribution in [2.45, 2.75) is 0 Å². The molecule has 9 heavy (non-hydrogen) atoms. The van der Waals surface area contributed by atoms with Crippen LogP contribution in [0, 0.1) is 2.88 Å². The predicted octanol–water partition coefficient (Wildman–Crippen LogP) is 3.16. The van der Waals surface area contributed by atoms with Gasteiger partial charge in [-0.2, -0.15) is 3.15 Å². The Morgan fingerprint density at radius 2 is 2.67 bits per heavy atom. The van der Waals surface area contributed by atoms with Gasteiger partial charge in [0.2, 0.25) is 5.13 Å². The first-order chi connectivity index (χ1) is 4.33. The van der Waals surface area contributed by atoms with E-state index in [2.05, 4.69) is 35.7 Å². The molecule has 0 aliphatic heterocycles. The average Bonchev–Trinajstić information content (AvgIpc) is 2.17. The highest BCUT2D eigenvalue weighted by Gasteiger charge is 1.93. The van der Waals surface area contributed by atoms with E-state index >= 15 is 0 Å². The van der Waals surface area contributed by atoms with E-state index in [9.17, 15) is 0 Å². The van der Waals surface area contributed by atoms with Crippen molar-refractivity contribution in [1.82, 2.24) is 4.98 Å². The highest BCUT2D eigenvalue weighted by molar-refractivity contribution is 14.2. The van der Waals surface area contributed by atoms with Crippen LogP contribution in [0.25, 0.3) is 0 Å². The van der Waals surface area contributed by atoms with Crippen LogP contribution in [0.15, 0.2) is 9.34 Å². The quantitative estimate of drug-likeness (QED) is 0.554. The molecular formula is C4H4I2N2S. The van der Waals surface area contributed by atoms with E-state index in [1.54, 1.807) is 11.3 Å². The minimum Gasteiger partial charge on any atom is -0.225 e. The summed E-state index contributed by atoms with van der Waals surface area (Å²) in [4.78, 5) is 6.20. The summed E-state index contributed by atoms with van der Waals surface area (Å²) in [6.45, 7) is 0. The number of hydrogen-bond donors (Lipinski definition) is 0. The Morgan fingerprint density at radius 3 is 3.11 bits per heavy atom. The van der Waals surface area contributed by atoms with Crippen LogP contribution < -0.4 is 0 Å². The Morgan fingerprint density at radius 1 is 1.89 bits per heavy atom. The van der Waals surface area contributed by atoms with Gasteiger partial charge in [0.15, 0.2) is 0 Å². The smallest absolute Gasteiger partial charge is 0.214 e. The molecule has 0 aliphatic carbocycles. The van der Waals surface area contributed by atoms with Crippen LogP contribution in [0.4, 0.5) is 5.13 Å². The summed E-state index contributed by atoms with van der Waals surface area (Å²) in [6.07, 6.45) is 1.85. The van der Waals surface area contributed by atoms with Crippen molar-refractivity contribution in [3.05, 3.63) is 9.08 Å². The number of rotatable bonds is 1. The molecule has 0 atom stereocenters. The van der Waals surface area contributed by atoms with E-state index in [1.165, 1.54) is 2.88 Å². The lowest BCUT2D eigenvalue weighted by molar-refractivity contribution is 1.38. The van der Waals surface area contributed by atoms with Crippen molar-refractivity contribution < 1.29 is 0 Å². The molecule has 1 aromatic heterocycles. The van der Waals surface area contributed by atoms with Gasteiger partial charge >= 0.3 is 0 Å². The van der Waals surface area contributed by atoms with E-state index in [4.69, 9.17) is 0 Å². The van der Waals surface area contributed by atoms with Gasteiger partial charge < -0.3 is 0 Å². The standard InChI is InChI=1S/C4H4I2N2S/c1-6-8-4-7-2-3(5)9-4/h2H,1H3. The van der Waals surface area contributed by atoms with E-state index < -0.39 is 0 Å². The van der Waals surface area contributed by atoms with Gasteiger partial charge in [-0.1, -0.05) is 11.3 Å². The average molecular weight is 366 g/mol. The van der Waals surface area contributed by atoms with Gasteiger partial charge in [-0.15, -0.1) is 0 Å². The highest BCUT2D eigenvalue weighted by atomic mass is 127. The Kier molecular flexibility index (Phi) is 3.48. The van der Waals surface area contributed by atoms with Crippen LogP contribution in [0.5, 0.6) is 0 Å². The predicted molar refractivity (Wildman–Crippen MR) is 56.9 cm³/mol. The normalized spacial score (nSPS) is 11.8. The SMILES string of the molecule is CI=Nc1ncc(I)s1. The summed E-state index contributed by atoms with van der Waals surface area (Å²) >= 11 is 3.91. The third kappa shape index (κ3) is 2.54. The van der Waals surface area contributed by atoms with Crippen molar-refractivity contribution in [3.8, 4) is 0 Å². The third-order valence-electron chi connectivity index (χ3n) is 0.622. The zero-order valence-electron chi connectivity index (χ0n) is 4.64. The maximum atomic E-state index is 4.24. The highest BCUT2D eigenvalue weighted by Crippen LogP contribution is 2.24. The Bertz CT molecular complexity index is 220. The van der Waals surface area contributed by atoms with Crippen LogP contribution in [-0.2, 0) is 0 Å². The fourth-order valence-corrected chi connectivity index (χ4v) is 2.80.